The first-order valence-corrected chi connectivity index (χ1v) is 5.76. The van der Waals surface area contributed by atoms with Crippen LogP contribution in [0.3, 0.4) is 0 Å². The van der Waals surface area contributed by atoms with E-state index in [9.17, 15) is 9.59 Å². The van der Waals surface area contributed by atoms with Crippen molar-refractivity contribution in [1.82, 2.24) is 4.98 Å². The average Bonchev–Trinajstić information content (AvgIpc) is 2.51. The van der Waals surface area contributed by atoms with Crippen molar-refractivity contribution in [3.05, 3.63) is 9.98 Å². The van der Waals surface area contributed by atoms with Crippen LogP contribution >= 0.6 is 27.3 Å². The monoisotopic (exact) mass is 274 g/mol. The molecule has 2 amide bonds. The maximum absolute atomic E-state index is 11.5. The van der Waals surface area contributed by atoms with E-state index in [0.717, 1.165) is 3.79 Å². The molecule has 1 aromatic heterocycles. The van der Waals surface area contributed by atoms with Gasteiger partial charge in [0.1, 0.15) is 0 Å². The Labute approximate surface area is 93.1 Å². The number of nitrogens with zero attached hydrogens (tertiary/aromatic N) is 2. The molecule has 1 aliphatic heterocycles. The number of carbonyl (C=O) groups excluding carboxylic acids is 2. The predicted molar refractivity (Wildman–Crippen MR) is 56.2 cm³/mol. The van der Waals surface area contributed by atoms with Crippen molar-refractivity contribution in [2.24, 2.45) is 0 Å². The molecule has 2 heterocycles. The molecule has 0 aromatic carbocycles. The summed E-state index contributed by atoms with van der Waals surface area (Å²) in [4.78, 5) is 28.1. The standard InChI is InChI=1S/C8H7BrN2O2S/c9-5-4-10-8(14-5)11-6(12)2-1-3-7(11)13/h4H,1-3H2. The minimum absolute atomic E-state index is 0.150. The molecule has 0 aliphatic carbocycles. The van der Waals surface area contributed by atoms with Gasteiger partial charge in [0.2, 0.25) is 11.8 Å². The molecule has 0 unspecified atom stereocenters. The minimum atomic E-state index is -0.150. The molecule has 0 N–H and O–H groups in total. The van der Waals surface area contributed by atoms with Crippen molar-refractivity contribution in [3.63, 3.8) is 0 Å². The van der Waals surface area contributed by atoms with Gasteiger partial charge in [0.25, 0.3) is 0 Å². The molecule has 4 nitrogen and oxygen atoms in total. The van der Waals surface area contributed by atoms with Crippen LogP contribution in [0.15, 0.2) is 9.98 Å². The van der Waals surface area contributed by atoms with E-state index in [1.165, 1.54) is 16.2 Å². The molecule has 74 valence electrons. The summed E-state index contributed by atoms with van der Waals surface area (Å²) >= 11 is 4.54. The molecular weight excluding hydrogens is 268 g/mol. The molecule has 1 fully saturated rings. The number of carbonyl (C=O) groups is 2. The van der Waals surface area contributed by atoms with Crippen LogP contribution in [0.4, 0.5) is 5.13 Å². The van der Waals surface area contributed by atoms with E-state index < -0.39 is 0 Å². The van der Waals surface area contributed by atoms with Crippen molar-refractivity contribution in [1.29, 1.82) is 0 Å². The van der Waals surface area contributed by atoms with Gasteiger partial charge in [-0.25, -0.2) is 9.88 Å². The van der Waals surface area contributed by atoms with Crippen molar-refractivity contribution >= 4 is 44.2 Å². The first kappa shape index (κ1) is 9.79. The summed E-state index contributed by atoms with van der Waals surface area (Å²) in [6.45, 7) is 0. The van der Waals surface area contributed by atoms with Crippen molar-refractivity contribution < 1.29 is 9.59 Å². The number of hydrogen-bond donors (Lipinski definition) is 0. The van der Waals surface area contributed by atoms with Crippen molar-refractivity contribution in [3.8, 4) is 0 Å². The average molecular weight is 275 g/mol. The molecule has 0 bridgehead atoms. The lowest BCUT2D eigenvalue weighted by Gasteiger charge is -2.21. The van der Waals surface area contributed by atoms with Gasteiger partial charge in [-0.2, -0.15) is 0 Å². The second-order valence-electron chi connectivity index (χ2n) is 2.92. The Kier molecular flexibility index (Phi) is 2.64. The fraction of sp³-hybridized carbons (Fsp3) is 0.375. The molecule has 0 saturated carbocycles. The van der Waals surface area contributed by atoms with Gasteiger partial charge >= 0.3 is 0 Å². The highest BCUT2D eigenvalue weighted by atomic mass is 79.9. The summed E-state index contributed by atoms with van der Waals surface area (Å²) in [6.07, 6.45) is 3.11. The third-order valence-corrected chi connectivity index (χ3v) is 3.40. The molecule has 14 heavy (non-hydrogen) atoms. The lowest BCUT2D eigenvalue weighted by molar-refractivity contribution is -0.129. The van der Waals surface area contributed by atoms with Crippen LogP contribution in [-0.2, 0) is 9.59 Å². The Morgan fingerprint density at radius 1 is 1.36 bits per heavy atom. The second-order valence-corrected chi connectivity index (χ2v) is 5.31. The van der Waals surface area contributed by atoms with E-state index in [1.54, 1.807) is 6.20 Å². The van der Waals surface area contributed by atoms with Gasteiger partial charge in [0.05, 0.1) is 9.98 Å². The first-order valence-electron chi connectivity index (χ1n) is 4.15. The summed E-state index contributed by atoms with van der Waals surface area (Å²) in [6, 6.07) is 0. The fourth-order valence-corrected chi connectivity index (χ4v) is 2.53. The number of anilines is 1. The zero-order chi connectivity index (χ0) is 10.1. The smallest absolute Gasteiger partial charge is 0.235 e. The van der Waals surface area contributed by atoms with E-state index in [-0.39, 0.29) is 11.8 Å². The van der Waals surface area contributed by atoms with Gasteiger partial charge in [0, 0.05) is 12.8 Å². The zero-order valence-corrected chi connectivity index (χ0v) is 9.60. The molecule has 0 atom stereocenters. The number of aromatic nitrogens is 1. The number of halogens is 1. The van der Waals surface area contributed by atoms with Gasteiger partial charge in [-0.3, -0.25) is 9.59 Å². The van der Waals surface area contributed by atoms with E-state index >= 15 is 0 Å². The maximum atomic E-state index is 11.5. The lowest BCUT2D eigenvalue weighted by Crippen LogP contribution is -2.40. The largest absolute Gasteiger partial charge is 0.274 e. The molecular formula is C8H7BrN2O2S. The molecule has 0 radical (unpaired) electrons. The zero-order valence-electron chi connectivity index (χ0n) is 7.20. The number of amides is 2. The summed E-state index contributed by atoms with van der Waals surface area (Å²) in [5.41, 5.74) is 0. The van der Waals surface area contributed by atoms with E-state index in [0.29, 0.717) is 24.4 Å². The van der Waals surface area contributed by atoms with Crippen molar-refractivity contribution in [2.45, 2.75) is 19.3 Å². The number of rotatable bonds is 1. The van der Waals surface area contributed by atoms with Crippen LogP contribution in [0, 0.1) is 0 Å². The quantitative estimate of drug-likeness (QED) is 0.736. The minimum Gasteiger partial charge on any atom is -0.274 e. The molecule has 2 rings (SSSR count). The summed E-state index contributed by atoms with van der Waals surface area (Å²) in [5.74, 6) is -0.300. The number of hydrogen-bond acceptors (Lipinski definition) is 4. The van der Waals surface area contributed by atoms with Gasteiger partial charge in [-0.15, -0.1) is 0 Å². The Hall–Kier alpha value is -0.750. The van der Waals surface area contributed by atoms with Crippen molar-refractivity contribution in [2.75, 3.05) is 4.90 Å². The van der Waals surface area contributed by atoms with Crippen LogP contribution in [0.5, 0.6) is 0 Å². The highest BCUT2D eigenvalue weighted by Gasteiger charge is 2.29. The van der Waals surface area contributed by atoms with Crippen LogP contribution in [0.2, 0.25) is 0 Å². The predicted octanol–water partition coefficient (Wildman–Crippen LogP) is 1.95. The molecule has 1 aliphatic rings. The van der Waals surface area contributed by atoms with E-state index in [2.05, 4.69) is 20.9 Å². The number of imide groups is 1. The van der Waals surface area contributed by atoms with E-state index in [1.807, 2.05) is 0 Å². The normalized spacial score (nSPS) is 17.6. The van der Waals surface area contributed by atoms with Gasteiger partial charge in [-0.1, -0.05) is 11.3 Å². The van der Waals surface area contributed by atoms with Crippen LogP contribution in [0.25, 0.3) is 0 Å². The molecule has 1 aromatic rings. The Morgan fingerprint density at radius 3 is 2.50 bits per heavy atom. The Balaban J connectivity index is 2.31. The summed E-state index contributed by atoms with van der Waals surface area (Å²) in [5, 5.41) is 0.464. The Morgan fingerprint density at radius 2 is 2.00 bits per heavy atom. The van der Waals surface area contributed by atoms with Crippen LogP contribution in [-0.4, -0.2) is 16.8 Å². The summed E-state index contributed by atoms with van der Waals surface area (Å²) in [7, 11) is 0. The maximum Gasteiger partial charge on any atom is 0.235 e. The SMILES string of the molecule is O=C1CCCC(=O)N1c1ncc(Br)s1. The second kappa shape index (κ2) is 3.78. The van der Waals surface area contributed by atoms with Gasteiger partial charge in [-0.05, 0) is 22.4 Å². The van der Waals surface area contributed by atoms with Crippen LogP contribution in [0.1, 0.15) is 19.3 Å². The Bertz CT molecular complexity index is 374. The third kappa shape index (κ3) is 1.72. The molecule has 0 spiro atoms. The topological polar surface area (TPSA) is 50.3 Å². The molecule has 1 saturated heterocycles. The van der Waals surface area contributed by atoms with Crippen LogP contribution < -0.4 is 4.90 Å². The van der Waals surface area contributed by atoms with Gasteiger partial charge < -0.3 is 0 Å². The van der Waals surface area contributed by atoms with E-state index in [4.69, 9.17) is 0 Å². The molecule has 6 heteroatoms. The highest BCUT2D eigenvalue weighted by Crippen LogP contribution is 2.29. The van der Waals surface area contributed by atoms with Gasteiger partial charge in [0.15, 0.2) is 5.13 Å². The fourth-order valence-electron chi connectivity index (χ4n) is 1.32. The number of piperidine rings is 1. The number of thiazole rings is 1. The third-order valence-electron chi connectivity index (χ3n) is 1.94. The highest BCUT2D eigenvalue weighted by molar-refractivity contribution is 9.11. The summed E-state index contributed by atoms with van der Waals surface area (Å²) < 4.78 is 0.818. The lowest BCUT2D eigenvalue weighted by atomic mass is 10.1. The first-order chi connectivity index (χ1) is 6.68.